The highest BCUT2D eigenvalue weighted by molar-refractivity contribution is 7.19. The van der Waals surface area contributed by atoms with Crippen molar-refractivity contribution in [2.24, 2.45) is 16.5 Å². The molecule has 0 saturated carbocycles. The van der Waals surface area contributed by atoms with Crippen LogP contribution >= 0.6 is 11.3 Å². The molecule has 6 rings (SSSR count). The second-order valence-corrected chi connectivity index (χ2v) is 10.4. The first kappa shape index (κ1) is 22.6. The van der Waals surface area contributed by atoms with E-state index in [9.17, 15) is 4.39 Å². The average molecular weight is 497 g/mol. The van der Waals surface area contributed by atoms with Crippen molar-refractivity contribution in [3.8, 4) is 5.75 Å². The van der Waals surface area contributed by atoms with Gasteiger partial charge in [0.25, 0.3) is 0 Å². The number of benzene rings is 1. The molecular formula is C24H29FN8OS. The number of aliphatic imine (C=N–C) groups is 1. The van der Waals surface area contributed by atoms with Gasteiger partial charge in [-0.3, -0.25) is 10.6 Å². The Labute approximate surface area is 207 Å². The van der Waals surface area contributed by atoms with E-state index >= 15 is 0 Å². The first-order valence-electron chi connectivity index (χ1n) is 12.1. The van der Waals surface area contributed by atoms with E-state index in [0.717, 1.165) is 49.1 Å². The van der Waals surface area contributed by atoms with Gasteiger partial charge in [0.05, 0.1) is 5.39 Å². The molecule has 0 amide bonds. The molecule has 4 heterocycles. The van der Waals surface area contributed by atoms with Crippen molar-refractivity contribution in [1.29, 1.82) is 0 Å². The summed E-state index contributed by atoms with van der Waals surface area (Å²) in [5.41, 5.74) is 17.7. The molecule has 2 aliphatic heterocycles. The van der Waals surface area contributed by atoms with Gasteiger partial charge >= 0.3 is 0 Å². The fraction of sp³-hybridized carbons (Fsp3) is 0.458. The van der Waals surface area contributed by atoms with Gasteiger partial charge in [0, 0.05) is 17.0 Å². The van der Waals surface area contributed by atoms with E-state index in [2.05, 4.69) is 25.3 Å². The molecule has 0 spiro atoms. The highest BCUT2D eigenvalue weighted by Crippen LogP contribution is 2.40. The van der Waals surface area contributed by atoms with E-state index < -0.39 is 11.6 Å². The summed E-state index contributed by atoms with van der Waals surface area (Å²) in [6.07, 6.45) is 8.31. The maximum atomic E-state index is 14.9. The molecule has 2 aromatic heterocycles. The predicted octanol–water partition coefficient (Wildman–Crippen LogP) is 2.59. The molecule has 3 aliphatic rings. The Balaban J connectivity index is 1.23. The lowest BCUT2D eigenvalue weighted by atomic mass is 9.97. The van der Waals surface area contributed by atoms with Crippen LogP contribution in [0.4, 0.5) is 10.2 Å². The average Bonchev–Trinajstić information content (AvgIpc) is 3.57. The number of fused-ring (bicyclic) bond motifs is 3. The number of aromatic nitrogens is 2. The smallest absolute Gasteiger partial charge is 0.215 e. The second-order valence-electron chi connectivity index (χ2n) is 9.31. The normalized spacial score (nSPS) is 22.6. The topological polar surface area (TPSA) is 118 Å². The third-order valence-corrected chi connectivity index (χ3v) is 8.18. The lowest BCUT2D eigenvalue weighted by Gasteiger charge is -2.26. The van der Waals surface area contributed by atoms with Crippen LogP contribution in [0, 0.1) is 5.82 Å². The Morgan fingerprint density at radius 1 is 1.14 bits per heavy atom. The van der Waals surface area contributed by atoms with Crippen LogP contribution in [0.15, 0.2) is 29.5 Å². The van der Waals surface area contributed by atoms with Gasteiger partial charge < -0.3 is 10.5 Å². The van der Waals surface area contributed by atoms with Crippen LogP contribution in [-0.2, 0) is 18.6 Å². The summed E-state index contributed by atoms with van der Waals surface area (Å²) in [6.45, 7) is 3.39. The molecule has 1 atom stereocenters. The number of aryl methyl sites for hydroxylation is 2. The molecule has 1 saturated heterocycles. The lowest BCUT2D eigenvalue weighted by Crippen LogP contribution is -2.53. The van der Waals surface area contributed by atoms with Gasteiger partial charge in [-0.2, -0.15) is 5.43 Å². The number of hydrogen-bond donors (Lipinski definition) is 3. The van der Waals surface area contributed by atoms with Crippen molar-refractivity contribution in [2.75, 3.05) is 31.3 Å². The Bertz CT molecular complexity index is 1290. The number of rotatable bonds is 6. The zero-order valence-corrected chi connectivity index (χ0v) is 20.3. The van der Waals surface area contributed by atoms with E-state index in [1.807, 2.05) is 0 Å². The number of nitrogens with two attached hydrogens (primary N) is 2. The molecule has 1 aromatic carbocycles. The summed E-state index contributed by atoms with van der Waals surface area (Å²) >= 11 is 1.70. The van der Waals surface area contributed by atoms with Crippen LogP contribution in [0.1, 0.15) is 41.7 Å². The van der Waals surface area contributed by atoms with Crippen LogP contribution < -0.4 is 26.6 Å². The number of hydrogen-bond acceptors (Lipinski definition) is 10. The van der Waals surface area contributed by atoms with E-state index in [0.29, 0.717) is 18.0 Å². The number of anilines is 1. The molecule has 1 fully saturated rings. The van der Waals surface area contributed by atoms with Crippen LogP contribution in [0.2, 0.25) is 0 Å². The van der Waals surface area contributed by atoms with E-state index in [4.69, 9.17) is 16.2 Å². The second kappa shape index (κ2) is 8.98. The number of thiophene rings is 1. The summed E-state index contributed by atoms with van der Waals surface area (Å²) < 4.78 is 20.6. The van der Waals surface area contributed by atoms with E-state index in [-0.39, 0.29) is 11.7 Å². The minimum Gasteiger partial charge on any atom is -0.489 e. The van der Waals surface area contributed by atoms with Crippen molar-refractivity contribution in [1.82, 2.24) is 20.3 Å². The summed E-state index contributed by atoms with van der Waals surface area (Å²) in [5, 5.41) is 2.57. The first-order valence-corrected chi connectivity index (χ1v) is 13.0. The fourth-order valence-corrected chi connectivity index (χ4v) is 6.39. The Kier molecular flexibility index (Phi) is 5.79. The molecule has 35 heavy (non-hydrogen) atoms. The zero-order chi connectivity index (χ0) is 24.0. The van der Waals surface area contributed by atoms with Crippen molar-refractivity contribution >= 4 is 33.3 Å². The van der Waals surface area contributed by atoms with Gasteiger partial charge in [-0.25, -0.2) is 24.4 Å². The first-order chi connectivity index (χ1) is 17.0. The third kappa shape index (κ3) is 4.12. The summed E-state index contributed by atoms with van der Waals surface area (Å²) in [6, 6.07) is 4.65. The number of ether oxygens (including phenoxy) is 1. The highest BCUT2D eigenvalue weighted by Gasteiger charge is 2.39. The lowest BCUT2D eigenvalue weighted by molar-refractivity contribution is 0.231. The quantitative estimate of drug-likeness (QED) is 0.477. The number of guanidine groups is 1. The predicted molar refractivity (Wildman–Crippen MR) is 135 cm³/mol. The molecule has 0 radical (unpaired) electrons. The number of halogens is 1. The van der Waals surface area contributed by atoms with Crippen LogP contribution in [-0.4, -0.2) is 47.1 Å². The molecule has 3 aromatic rings. The minimum atomic E-state index is -1.44. The van der Waals surface area contributed by atoms with Gasteiger partial charge in [-0.1, -0.05) is 0 Å². The standard InChI is InChI=1S/C24H29FN8OS/c25-17-13-15(7-8-18(17)34-12-11-32-9-3-4-10-32)24(27)30-23(26)33(31-24)21-20-16-5-1-2-6-19(16)35-22(20)29-14-28-21/h7-8,13-14,31H,1-6,9-12,27H2,(H2,26,30). The summed E-state index contributed by atoms with van der Waals surface area (Å²) in [7, 11) is 0. The number of nitrogens with one attached hydrogen (secondary N) is 1. The SMILES string of the molecule is NC1=NC(N)(c2ccc(OCCN3CCCC3)c(F)c2)NN1c1ncnc2sc3c(c12)CCCC3. The maximum absolute atomic E-state index is 14.9. The Morgan fingerprint density at radius 3 is 2.80 bits per heavy atom. The minimum absolute atomic E-state index is 0.162. The van der Waals surface area contributed by atoms with Crippen LogP contribution in [0.5, 0.6) is 5.75 Å². The molecule has 1 unspecified atom stereocenters. The van der Waals surface area contributed by atoms with Crippen LogP contribution in [0.25, 0.3) is 10.2 Å². The maximum Gasteiger partial charge on any atom is 0.215 e. The molecular weight excluding hydrogens is 467 g/mol. The highest BCUT2D eigenvalue weighted by atomic mass is 32.1. The van der Waals surface area contributed by atoms with E-state index in [1.165, 1.54) is 42.1 Å². The van der Waals surface area contributed by atoms with Gasteiger partial charge in [0.2, 0.25) is 11.7 Å². The van der Waals surface area contributed by atoms with Gasteiger partial charge in [-0.05, 0) is 75.4 Å². The van der Waals surface area contributed by atoms with Crippen molar-refractivity contribution < 1.29 is 9.13 Å². The Hall–Kier alpha value is -2.86. The fourth-order valence-electron chi connectivity index (χ4n) is 5.16. The molecule has 184 valence electrons. The van der Waals surface area contributed by atoms with Crippen molar-refractivity contribution in [3.05, 3.63) is 46.3 Å². The van der Waals surface area contributed by atoms with Gasteiger partial charge in [0.15, 0.2) is 17.4 Å². The molecule has 1 aliphatic carbocycles. The molecule has 5 N–H and O–H groups in total. The van der Waals surface area contributed by atoms with Crippen molar-refractivity contribution in [2.45, 2.75) is 44.3 Å². The number of hydrazine groups is 1. The van der Waals surface area contributed by atoms with Crippen LogP contribution in [0.3, 0.4) is 0 Å². The molecule has 9 nitrogen and oxygen atoms in total. The third-order valence-electron chi connectivity index (χ3n) is 6.98. The zero-order valence-electron chi connectivity index (χ0n) is 19.5. The molecule has 11 heteroatoms. The number of nitrogens with zero attached hydrogens (tertiary/aromatic N) is 5. The summed E-state index contributed by atoms with van der Waals surface area (Å²) in [5.74, 6) is -0.948. The van der Waals surface area contributed by atoms with E-state index in [1.54, 1.807) is 28.5 Å². The largest absolute Gasteiger partial charge is 0.489 e. The monoisotopic (exact) mass is 496 g/mol. The number of likely N-dealkylation sites (tertiary alicyclic amines) is 1. The molecule has 0 bridgehead atoms. The van der Waals surface area contributed by atoms with Gasteiger partial charge in [0.1, 0.15) is 17.8 Å². The van der Waals surface area contributed by atoms with Crippen molar-refractivity contribution in [3.63, 3.8) is 0 Å². The van der Waals surface area contributed by atoms with Gasteiger partial charge in [-0.15, -0.1) is 11.3 Å². The Morgan fingerprint density at radius 2 is 1.97 bits per heavy atom. The summed E-state index contributed by atoms with van der Waals surface area (Å²) in [4.78, 5) is 18.1.